The van der Waals surface area contributed by atoms with Crippen LogP contribution < -0.4 is 5.32 Å². The van der Waals surface area contributed by atoms with E-state index in [4.69, 9.17) is 16.3 Å². The fourth-order valence-electron chi connectivity index (χ4n) is 1.80. The topological polar surface area (TPSA) is 21.3 Å². The van der Waals surface area contributed by atoms with Gasteiger partial charge in [-0.3, -0.25) is 0 Å². The molecule has 0 spiro atoms. The maximum absolute atomic E-state index is 6.02. The first-order chi connectivity index (χ1) is 8.29. The van der Waals surface area contributed by atoms with Crippen molar-refractivity contribution in [3.63, 3.8) is 0 Å². The van der Waals surface area contributed by atoms with Gasteiger partial charge in [0.1, 0.15) is 0 Å². The van der Waals surface area contributed by atoms with Crippen molar-refractivity contribution in [3.05, 3.63) is 34.9 Å². The first-order valence-electron chi connectivity index (χ1n) is 6.40. The highest BCUT2D eigenvalue weighted by atomic mass is 35.5. The second-order valence-corrected chi connectivity index (χ2v) is 5.03. The third-order valence-corrected chi connectivity index (χ3v) is 3.15. The molecule has 3 heteroatoms. The van der Waals surface area contributed by atoms with Crippen molar-refractivity contribution in [1.82, 2.24) is 5.32 Å². The van der Waals surface area contributed by atoms with Gasteiger partial charge in [0.15, 0.2) is 0 Å². The minimum absolute atomic E-state index is 0.120. The molecule has 1 aliphatic carbocycles. The number of benzene rings is 1. The molecule has 1 atom stereocenters. The molecule has 1 aliphatic rings. The van der Waals surface area contributed by atoms with Crippen LogP contribution in [0.2, 0.25) is 5.02 Å². The molecule has 2 rings (SSSR count). The zero-order valence-corrected chi connectivity index (χ0v) is 11.0. The Morgan fingerprint density at radius 2 is 2.29 bits per heavy atom. The van der Waals surface area contributed by atoms with Gasteiger partial charge in [-0.25, -0.2) is 0 Å². The molecule has 0 amide bonds. The normalized spacial score (nSPS) is 17.1. The summed E-state index contributed by atoms with van der Waals surface area (Å²) in [7, 11) is 0. The van der Waals surface area contributed by atoms with E-state index in [-0.39, 0.29) is 6.10 Å². The monoisotopic (exact) mass is 253 g/mol. The summed E-state index contributed by atoms with van der Waals surface area (Å²) in [5.41, 5.74) is 1.17. The van der Waals surface area contributed by atoms with Crippen LogP contribution in [-0.4, -0.2) is 19.2 Å². The predicted molar refractivity (Wildman–Crippen MR) is 71.5 cm³/mol. The predicted octanol–water partition coefficient (Wildman–Crippen LogP) is 3.56. The molecule has 0 radical (unpaired) electrons. The molecular weight excluding hydrogens is 234 g/mol. The average molecular weight is 254 g/mol. The van der Waals surface area contributed by atoms with Gasteiger partial charge in [0.2, 0.25) is 0 Å². The number of halogens is 1. The first-order valence-corrected chi connectivity index (χ1v) is 6.78. The van der Waals surface area contributed by atoms with Crippen LogP contribution in [0.4, 0.5) is 0 Å². The van der Waals surface area contributed by atoms with E-state index in [1.807, 2.05) is 18.2 Å². The summed E-state index contributed by atoms with van der Waals surface area (Å²) in [6.45, 7) is 3.80. The summed E-state index contributed by atoms with van der Waals surface area (Å²) in [4.78, 5) is 0. The van der Waals surface area contributed by atoms with E-state index in [0.29, 0.717) is 6.04 Å². The molecule has 94 valence electrons. The fraction of sp³-hybridized carbons (Fsp3) is 0.571. The Bertz CT molecular complexity index is 352. The van der Waals surface area contributed by atoms with Crippen LogP contribution in [0, 0.1) is 0 Å². The number of nitrogens with one attached hydrogen (secondary N) is 1. The number of ether oxygens (including phenoxy) is 1. The molecule has 1 aromatic rings. The lowest BCUT2D eigenvalue weighted by molar-refractivity contribution is 0.0527. The van der Waals surface area contributed by atoms with Crippen molar-refractivity contribution in [2.45, 2.75) is 38.3 Å². The molecule has 0 saturated heterocycles. The second kappa shape index (κ2) is 6.39. The molecule has 0 bridgehead atoms. The zero-order valence-electron chi connectivity index (χ0n) is 10.3. The molecule has 17 heavy (non-hydrogen) atoms. The summed E-state index contributed by atoms with van der Waals surface area (Å²) < 4.78 is 5.89. The van der Waals surface area contributed by atoms with Gasteiger partial charge in [0.25, 0.3) is 0 Å². The van der Waals surface area contributed by atoms with E-state index in [2.05, 4.69) is 18.3 Å². The molecule has 1 unspecified atom stereocenters. The van der Waals surface area contributed by atoms with Crippen molar-refractivity contribution < 1.29 is 4.74 Å². The molecule has 1 aromatic carbocycles. The molecule has 1 N–H and O–H groups in total. The van der Waals surface area contributed by atoms with E-state index in [1.165, 1.54) is 18.4 Å². The zero-order chi connectivity index (χ0) is 12.1. The van der Waals surface area contributed by atoms with Gasteiger partial charge in [0.05, 0.1) is 6.10 Å². The molecule has 0 aromatic heterocycles. The van der Waals surface area contributed by atoms with Crippen molar-refractivity contribution in [1.29, 1.82) is 0 Å². The molecule has 1 fully saturated rings. The Hall–Kier alpha value is -0.570. The van der Waals surface area contributed by atoms with E-state index in [9.17, 15) is 0 Å². The van der Waals surface area contributed by atoms with Gasteiger partial charge in [-0.05, 0) is 37.0 Å². The van der Waals surface area contributed by atoms with Crippen molar-refractivity contribution in [2.24, 2.45) is 0 Å². The van der Waals surface area contributed by atoms with Gasteiger partial charge < -0.3 is 10.1 Å². The molecule has 1 saturated carbocycles. The maximum atomic E-state index is 6.02. The van der Waals surface area contributed by atoms with E-state index >= 15 is 0 Å². The Labute approximate surface area is 108 Å². The Kier molecular flexibility index (Phi) is 4.84. The van der Waals surface area contributed by atoms with Crippen LogP contribution >= 0.6 is 11.6 Å². The number of rotatable bonds is 7. The fourth-order valence-corrected chi connectivity index (χ4v) is 2.00. The first kappa shape index (κ1) is 12.9. The van der Waals surface area contributed by atoms with E-state index in [0.717, 1.165) is 24.6 Å². The minimum atomic E-state index is 0.120. The molecular formula is C14H20ClNO. The van der Waals surface area contributed by atoms with Crippen LogP contribution in [0.1, 0.15) is 37.9 Å². The Morgan fingerprint density at radius 1 is 1.47 bits per heavy atom. The Balaban J connectivity index is 1.96. The van der Waals surface area contributed by atoms with Gasteiger partial charge in [-0.1, -0.05) is 30.7 Å². The van der Waals surface area contributed by atoms with E-state index in [1.54, 1.807) is 0 Å². The summed E-state index contributed by atoms with van der Waals surface area (Å²) in [6.07, 6.45) is 3.77. The second-order valence-electron chi connectivity index (χ2n) is 4.60. The van der Waals surface area contributed by atoms with Crippen molar-refractivity contribution >= 4 is 11.6 Å². The van der Waals surface area contributed by atoms with Gasteiger partial charge in [0, 0.05) is 24.2 Å². The Morgan fingerprint density at radius 3 is 2.94 bits per heavy atom. The maximum Gasteiger partial charge on any atom is 0.0949 e. The third kappa shape index (κ3) is 4.30. The minimum Gasteiger partial charge on any atom is -0.372 e. The quantitative estimate of drug-likeness (QED) is 0.802. The molecule has 0 heterocycles. The summed E-state index contributed by atoms with van der Waals surface area (Å²) in [5.74, 6) is 0. The number of hydrogen-bond acceptors (Lipinski definition) is 2. The summed E-state index contributed by atoms with van der Waals surface area (Å²) in [5, 5.41) is 4.29. The lowest BCUT2D eigenvalue weighted by atomic mass is 10.1. The van der Waals surface area contributed by atoms with Gasteiger partial charge >= 0.3 is 0 Å². The lowest BCUT2D eigenvalue weighted by Gasteiger charge is -2.19. The highest BCUT2D eigenvalue weighted by molar-refractivity contribution is 6.30. The SMILES string of the molecule is CCCOC(CNC1CC1)c1cccc(Cl)c1. The van der Waals surface area contributed by atoms with E-state index < -0.39 is 0 Å². The highest BCUT2D eigenvalue weighted by Gasteiger charge is 2.22. The largest absolute Gasteiger partial charge is 0.372 e. The van der Waals surface area contributed by atoms with Crippen molar-refractivity contribution in [2.75, 3.05) is 13.2 Å². The summed E-state index contributed by atoms with van der Waals surface area (Å²) >= 11 is 6.02. The third-order valence-electron chi connectivity index (χ3n) is 2.91. The summed E-state index contributed by atoms with van der Waals surface area (Å²) in [6, 6.07) is 8.67. The van der Waals surface area contributed by atoms with Crippen molar-refractivity contribution in [3.8, 4) is 0 Å². The number of hydrogen-bond donors (Lipinski definition) is 1. The average Bonchev–Trinajstić information content (AvgIpc) is 3.13. The highest BCUT2D eigenvalue weighted by Crippen LogP contribution is 2.23. The molecule has 0 aliphatic heterocycles. The van der Waals surface area contributed by atoms with Gasteiger partial charge in [-0.2, -0.15) is 0 Å². The van der Waals surface area contributed by atoms with Gasteiger partial charge in [-0.15, -0.1) is 0 Å². The molecule has 2 nitrogen and oxygen atoms in total. The van der Waals surface area contributed by atoms with Crippen LogP contribution in [0.5, 0.6) is 0 Å². The van der Waals surface area contributed by atoms with Crippen LogP contribution in [0.25, 0.3) is 0 Å². The lowest BCUT2D eigenvalue weighted by Crippen LogP contribution is -2.25. The van der Waals surface area contributed by atoms with Crippen LogP contribution in [0.3, 0.4) is 0 Å². The van der Waals surface area contributed by atoms with Crippen LogP contribution in [0.15, 0.2) is 24.3 Å². The standard InChI is InChI=1S/C14H20ClNO/c1-2-8-17-14(10-16-13-6-7-13)11-4-3-5-12(15)9-11/h3-5,9,13-14,16H,2,6-8,10H2,1H3. The smallest absolute Gasteiger partial charge is 0.0949 e. The van der Waals surface area contributed by atoms with Crippen LogP contribution in [-0.2, 0) is 4.74 Å².